The maximum atomic E-state index is 11.1. The van der Waals surface area contributed by atoms with Gasteiger partial charge in [-0.25, -0.2) is 9.59 Å². The molecule has 4 atom stereocenters. The maximum absolute atomic E-state index is 11.1. The van der Waals surface area contributed by atoms with Gasteiger partial charge in [-0.05, 0) is 12.8 Å². The summed E-state index contributed by atoms with van der Waals surface area (Å²) in [6.45, 7) is 1.62. The van der Waals surface area contributed by atoms with Crippen LogP contribution in [0.1, 0.15) is 12.8 Å². The fraction of sp³-hybridized carbons (Fsp3) is 0.833. The van der Waals surface area contributed by atoms with Crippen molar-refractivity contribution in [2.24, 2.45) is 11.5 Å². The zero-order valence-electron chi connectivity index (χ0n) is 12.1. The molecule has 0 aliphatic carbocycles. The van der Waals surface area contributed by atoms with Crippen LogP contribution >= 0.6 is 21.6 Å². The molecule has 2 fully saturated rings. The fourth-order valence-electron chi connectivity index (χ4n) is 2.96. The van der Waals surface area contributed by atoms with Crippen LogP contribution in [0.3, 0.4) is 0 Å². The molecule has 8 nitrogen and oxygen atoms in total. The van der Waals surface area contributed by atoms with Crippen molar-refractivity contribution in [3.8, 4) is 0 Å². The van der Waals surface area contributed by atoms with Gasteiger partial charge >= 0.3 is 12.2 Å². The molecule has 0 aromatic rings. The number of hydrogen-bond donors (Lipinski definition) is 4. The molecule has 0 aromatic carbocycles. The predicted molar refractivity (Wildman–Crippen MR) is 87.1 cm³/mol. The van der Waals surface area contributed by atoms with Gasteiger partial charge in [-0.2, -0.15) is 0 Å². The smallest absolute Gasteiger partial charge is 0.407 e. The molecule has 0 aromatic heterocycles. The Hall–Kier alpha value is -0.840. The topological polar surface area (TPSA) is 133 Å². The molecule has 0 spiro atoms. The number of hydrogen-bond acceptors (Lipinski definition) is 6. The van der Waals surface area contributed by atoms with Crippen LogP contribution in [0.15, 0.2) is 0 Å². The van der Waals surface area contributed by atoms with Gasteiger partial charge in [0.25, 0.3) is 0 Å². The Morgan fingerprint density at radius 1 is 0.909 bits per heavy atom. The van der Waals surface area contributed by atoms with E-state index in [2.05, 4.69) is 0 Å². The first-order chi connectivity index (χ1) is 10.5. The summed E-state index contributed by atoms with van der Waals surface area (Å²) in [5.74, 6) is 0. The van der Waals surface area contributed by atoms with Crippen LogP contribution in [0.25, 0.3) is 0 Å². The second-order valence-corrected chi connectivity index (χ2v) is 8.43. The highest BCUT2D eigenvalue weighted by atomic mass is 33.1. The van der Waals surface area contributed by atoms with Gasteiger partial charge in [0.2, 0.25) is 0 Å². The average molecular weight is 350 g/mol. The van der Waals surface area contributed by atoms with Gasteiger partial charge in [-0.15, -0.1) is 0 Å². The van der Waals surface area contributed by atoms with E-state index in [1.807, 2.05) is 0 Å². The van der Waals surface area contributed by atoms with E-state index in [9.17, 15) is 9.59 Å². The molecule has 6 N–H and O–H groups in total. The van der Waals surface area contributed by atoms with Crippen LogP contribution in [-0.2, 0) is 0 Å². The van der Waals surface area contributed by atoms with Crippen molar-refractivity contribution in [2.45, 2.75) is 35.4 Å². The Kier molecular flexibility index (Phi) is 6.07. The number of carboxylic acid groups (broad SMARTS) is 2. The van der Waals surface area contributed by atoms with E-state index in [-0.39, 0.29) is 22.6 Å². The van der Waals surface area contributed by atoms with Gasteiger partial charge in [-0.1, -0.05) is 21.6 Å². The molecule has 2 aliphatic heterocycles. The molecular formula is C12H22N4O4S2. The first-order valence-corrected chi connectivity index (χ1v) is 9.45. The van der Waals surface area contributed by atoms with Crippen LogP contribution in [0.2, 0.25) is 0 Å². The minimum absolute atomic E-state index is 0.119. The molecule has 10 heteroatoms. The van der Waals surface area contributed by atoms with Gasteiger partial charge in [0, 0.05) is 48.8 Å². The van der Waals surface area contributed by atoms with E-state index in [1.165, 1.54) is 9.80 Å². The van der Waals surface area contributed by atoms with E-state index in [0.29, 0.717) is 26.2 Å². The summed E-state index contributed by atoms with van der Waals surface area (Å²) in [6.07, 6.45) is -0.360. The molecule has 2 saturated heterocycles. The van der Waals surface area contributed by atoms with E-state index in [4.69, 9.17) is 21.7 Å². The molecule has 22 heavy (non-hydrogen) atoms. The molecule has 0 saturated carbocycles. The third-order valence-electron chi connectivity index (χ3n) is 4.12. The summed E-state index contributed by atoms with van der Waals surface area (Å²) in [6, 6.07) is -0.238. The van der Waals surface area contributed by atoms with Gasteiger partial charge in [0.15, 0.2) is 0 Å². The van der Waals surface area contributed by atoms with E-state index >= 15 is 0 Å². The summed E-state index contributed by atoms with van der Waals surface area (Å²) in [5, 5.41) is 18.7. The summed E-state index contributed by atoms with van der Waals surface area (Å²) < 4.78 is 0. The molecule has 2 amide bonds. The Balaban J connectivity index is 1.82. The number of nitrogens with two attached hydrogens (primary N) is 2. The van der Waals surface area contributed by atoms with Crippen LogP contribution in [0.4, 0.5) is 9.59 Å². The highest BCUT2D eigenvalue weighted by molar-refractivity contribution is 8.77. The quantitative estimate of drug-likeness (QED) is 0.528. The van der Waals surface area contributed by atoms with Crippen molar-refractivity contribution in [1.82, 2.24) is 9.80 Å². The van der Waals surface area contributed by atoms with Crippen LogP contribution in [-0.4, -0.2) is 81.0 Å². The van der Waals surface area contributed by atoms with Gasteiger partial charge in [0.1, 0.15) is 0 Å². The summed E-state index contributed by atoms with van der Waals surface area (Å²) in [7, 11) is 3.29. The Morgan fingerprint density at radius 3 is 1.50 bits per heavy atom. The van der Waals surface area contributed by atoms with Crippen LogP contribution < -0.4 is 11.5 Å². The Labute approximate surface area is 136 Å². The number of likely N-dealkylation sites (tertiary alicyclic amines) is 2. The molecule has 0 bridgehead atoms. The second-order valence-electron chi connectivity index (χ2n) is 5.56. The summed E-state index contributed by atoms with van der Waals surface area (Å²) in [5.41, 5.74) is 11.2. The highest BCUT2D eigenvalue weighted by Gasteiger charge is 2.38. The molecule has 2 aliphatic rings. The van der Waals surface area contributed by atoms with E-state index in [0.717, 1.165) is 12.8 Å². The lowest BCUT2D eigenvalue weighted by Gasteiger charge is -2.19. The average Bonchev–Trinajstić information content (AvgIpc) is 3.08. The number of amides is 2. The minimum atomic E-state index is -0.926. The normalized spacial score (nSPS) is 31.7. The van der Waals surface area contributed by atoms with Crippen molar-refractivity contribution in [2.75, 3.05) is 26.2 Å². The highest BCUT2D eigenvalue weighted by Crippen LogP contribution is 2.41. The van der Waals surface area contributed by atoms with E-state index < -0.39 is 12.2 Å². The van der Waals surface area contributed by atoms with Gasteiger partial charge < -0.3 is 31.5 Å². The largest absolute Gasteiger partial charge is 0.465 e. The Morgan fingerprint density at radius 2 is 1.27 bits per heavy atom. The third kappa shape index (κ3) is 3.92. The second kappa shape index (κ2) is 7.62. The van der Waals surface area contributed by atoms with Crippen molar-refractivity contribution in [1.29, 1.82) is 0 Å². The minimum Gasteiger partial charge on any atom is -0.465 e. The zero-order valence-corrected chi connectivity index (χ0v) is 13.8. The predicted octanol–water partition coefficient (Wildman–Crippen LogP) is 0.527. The SMILES string of the molecule is NCC1CC(SSC2CC(CN)N(C(=O)O)C2)CN1C(=O)O. The molecular weight excluding hydrogens is 328 g/mol. The number of nitrogens with zero attached hydrogens (tertiary/aromatic N) is 2. The van der Waals surface area contributed by atoms with Crippen molar-refractivity contribution in [3.05, 3.63) is 0 Å². The molecule has 126 valence electrons. The van der Waals surface area contributed by atoms with Crippen molar-refractivity contribution >= 4 is 33.8 Å². The zero-order chi connectivity index (χ0) is 16.3. The standard InChI is InChI=1S/C12H22N4O4S2/c13-3-7-1-9(5-15(7)11(17)18)21-22-10-2-8(4-14)16(6-10)12(19)20/h7-10H,1-6,13-14H2,(H,17,18)(H,19,20). The van der Waals surface area contributed by atoms with E-state index in [1.54, 1.807) is 21.6 Å². The summed E-state index contributed by atoms with van der Waals surface area (Å²) in [4.78, 5) is 25.1. The van der Waals surface area contributed by atoms with Crippen molar-refractivity contribution < 1.29 is 19.8 Å². The van der Waals surface area contributed by atoms with Gasteiger partial charge in [0.05, 0.1) is 0 Å². The number of rotatable bonds is 5. The Bertz CT molecular complexity index is 390. The monoisotopic (exact) mass is 350 g/mol. The maximum Gasteiger partial charge on any atom is 0.407 e. The lowest BCUT2D eigenvalue weighted by molar-refractivity contribution is 0.140. The fourth-order valence-corrected chi connectivity index (χ4v) is 6.10. The lowest BCUT2D eigenvalue weighted by atomic mass is 10.2. The summed E-state index contributed by atoms with van der Waals surface area (Å²) >= 11 is 0. The number of carbonyl (C=O) groups is 2. The molecule has 2 rings (SSSR count). The lowest BCUT2D eigenvalue weighted by Crippen LogP contribution is -2.39. The third-order valence-corrected chi connectivity index (χ3v) is 7.42. The van der Waals surface area contributed by atoms with Crippen LogP contribution in [0, 0.1) is 0 Å². The first-order valence-electron chi connectivity index (χ1n) is 7.17. The van der Waals surface area contributed by atoms with Crippen LogP contribution in [0.5, 0.6) is 0 Å². The van der Waals surface area contributed by atoms with Crippen molar-refractivity contribution in [3.63, 3.8) is 0 Å². The van der Waals surface area contributed by atoms with Gasteiger partial charge in [-0.3, -0.25) is 0 Å². The molecule has 4 unspecified atom stereocenters. The first kappa shape index (κ1) is 17.5. The molecule has 2 heterocycles. The molecule has 0 radical (unpaired) electrons.